The van der Waals surface area contributed by atoms with E-state index in [4.69, 9.17) is 4.74 Å². The lowest BCUT2D eigenvalue weighted by Crippen LogP contribution is -2.24. The first-order valence-electron chi connectivity index (χ1n) is 7.52. The number of carbonyl (C=O) groups is 1. The molecule has 2 aromatic rings. The first-order chi connectivity index (χ1) is 11.4. The summed E-state index contributed by atoms with van der Waals surface area (Å²) in [4.78, 5) is 12.2. The number of sulfonamides is 1. The third-order valence-corrected chi connectivity index (χ3v) is 5.29. The Morgan fingerprint density at radius 1 is 1.08 bits per heavy atom. The zero-order valence-corrected chi connectivity index (χ0v) is 14.2. The lowest BCUT2D eigenvalue weighted by molar-refractivity contribution is 0.0957. The average molecular weight is 346 g/mol. The van der Waals surface area contributed by atoms with Crippen molar-refractivity contribution < 1.29 is 17.9 Å². The van der Waals surface area contributed by atoms with Crippen molar-refractivity contribution >= 4 is 21.6 Å². The molecule has 7 heteroatoms. The van der Waals surface area contributed by atoms with E-state index in [9.17, 15) is 13.2 Å². The van der Waals surface area contributed by atoms with Crippen molar-refractivity contribution in [1.29, 1.82) is 0 Å². The van der Waals surface area contributed by atoms with Gasteiger partial charge in [0.15, 0.2) is 0 Å². The highest BCUT2D eigenvalue weighted by atomic mass is 32.2. The number of amides is 1. The fourth-order valence-electron chi connectivity index (χ4n) is 2.41. The van der Waals surface area contributed by atoms with Gasteiger partial charge in [-0.2, -0.15) is 0 Å². The lowest BCUT2D eigenvalue weighted by Gasteiger charge is -2.12. The van der Waals surface area contributed by atoms with Crippen LogP contribution in [0.3, 0.4) is 0 Å². The Balaban J connectivity index is 1.93. The molecule has 0 radical (unpaired) electrons. The van der Waals surface area contributed by atoms with Crippen LogP contribution in [0, 0.1) is 13.8 Å². The summed E-state index contributed by atoms with van der Waals surface area (Å²) in [5, 5.41) is 2.69. The number of carbonyl (C=O) groups excluding carboxylic acids is 1. The van der Waals surface area contributed by atoms with E-state index in [0.717, 1.165) is 11.1 Å². The minimum Gasteiger partial charge on any atom is -0.491 e. The SMILES string of the molecule is Cc1ccc(S(=O)(=O)Nc2ccc3c(c2)C(=O)NCCO3)cc1C. The minimum absolute atomic E-state index is 0.182. The number of nitrogens with one attached hydrogen (secondary N) is 2. The van der Waals surface area contributed by atoms with Crippen LogP contribution in [0.1, 0.15) is 21.5 Å². The summed E-state index contributed by atoms with van der Waals surface area (Å²) in [6.07, 6.45) is 0. The van der Waals surface area contributed by atoms with Gasteiger partial charge in [-0.05, 0) is 55.3 Å². The van der Waals surface area contributed by atoms with Gasteiger partial charge in [-0.15, -0.1) is 0 Å². The van der Waals surface area contributed by atoms with Crippen LogP contribution in [0.4, 0.5) is 5.69 Å². The number of anilines is 1. The van der Waals surface area contributed by atoms with E-state index < -0.39 is 10.0 Å². The molecule has 126 valence electrons. The van der Waals surface area contributed by atoms with Gasteiger partial charge in [0, 0.05) is 5.69 Å². The van der Waals surface area contributed by atoms with E-state index in [0.29, 0.717) is 30.2 Å². The van der Waals surface area contributed by atoms with Crippen molar-refractivity contribution in [3.05, 3.63) is 53.1 Å². The second-order valence-electron chi connectivity index (χ2n) is 5.67. The molecule has 2 N–H and O–H groups in total. The fraction of sp³-hybridized carbons (Fsp3) is 0.235. The van der Waals surface area contributed by atoms with Crippen LogP contribution in [-0.2, 0) is 10.0 Å². The number of benzene rings is 2. The second kappa shape index (κ2) is 6.16. The molecule has 0 fully saturated rings. The normalized spacial score (nSPS) is 14.2. The molecule has 1 aliphatic heterocycles. The molecule has 0 spiro atoms. The topological polar surface area (TPSA) is 84.5 Å². The largest absolute Gasteiger partial charge is 0.491 e. The van der Waals surface area contributed by atoms with Gasteiger partial charge in [0.05, 0.1) is 17.0 Å². The van der Waals surface area contributed by atoms with Crippen molar-refractivity contribution in [1.82, 2.24) is 5.32 Å². The van der Waals surface area contributed by atoms with Gasteiger partial charge < -0.3 is 10.1 Å². The molecule has 6 nitrogen and oxygen atoms in total. The highest BCUT2D eigenvalue weighted by molar-refractivity contribution is 7.92. The predicted molar refractivity (Wildman–Crippen MR) is 91.0 cm³/mol. The number of hydrogen-bond donors (Lipinski definition) is 2. The van der Waals surface area contributed by atoms with E-state index in [1.54, 1.807) is 30.3 Å². The Bertz CT molecular complexity index is 907. The lowest BCUT2D eigenvalue weighted by atomic mass is 10.1. The molecule has 0 atom stereocenters. The van der Waals surface area contributed by atoms with Gasteiger partial charge in [0.25, 0.3) is 15.9 Å². The van der Waals surface area contributed by atoms with Crippen molar-refractivity contribution in [3.63, 3.8) is 0 Å². The zero-order valence-electron chi connectivity index (χ0n) is 13.4. The molecule has 24 heavy (non-hydrogen) atoms. The smallest absolute Gasteiger partial charge is 0.261 e. The number of rotatable bonds is 3. The van der Waals surface area contributed by atoms with E-state index >= 15 is 0 Å². The maximum absolute atomic E-state index is 12.5. The van der Waals surface area contributed by atoms with Crippen LogP contribution in [0.2, 0.25) is 0 Å². The molecule has 0 saturated heterocycles. The van der Waals surface area contributed by atoms with E-state index in [1.807, 2.05) is 13.8 Å². The number of ether oxygens (including phenoxy) is 1. The number of fused-ring (bicyclic) bond motifs is 1. The minimum atomic E-state index is -3.73. The van der Waals surface area contributed by atoms with E-state index in [2.05, 4.69) is 10.0 Å². The van der Waals surface area contributed by atoms with Crippen LogP contribution in [0.15, 0.2) is 41.3 Å². The summed E-state index contributed by atoms with van der Waals surface area (Å²) in [5.74, 6) is 0.161. The van der Waals surface area contributed by atoms with Crippen LogP contribution in [-0.4, -0.2) is 27.5 Å². The maximum Gasteiger partial charge on any atom is 0.261 e. The van der Waals surface area contributed by atoms with E-state index in [1.165, 1.54) is 6.07 Å². The van der Waals surface area contributed by atoms with Gasteiger partial charge >= 0.3 is 0 Å². The molecule has 3 rings (SSSR count). The molecular formula is C17H18N2O4S. The van der Waals surface area contributed by atoms with Gasteiger partial charge in [-0.1, -0.05) is 6.07 Å². The quantitative estimate of drug-likeness (QED) is 0.892. The van der Waals surface area contributed by atoms with Crippen molar-refractivity contribution in [2.45, 2.75) is 18.7 Å². The molecule has 2 aromatic carbocycles. The molecule has 1 aliphatic rings. The second-order valence-corrected chi connectivity index (χ2v) is 7.35. The van der Waals surface area contributed by atoms with Crippen LogP contribution in [0.25, 0.3) is 0 Å². The van der Waals surface area contributed by atoms with Crippen molar-refractivity contribution in [2.75, 3.05) is 17.9 Å². The molecule has 0 saturated carbocycles. The molecule has 0 aliphatic carbocycles. The zero-order chi connectivity index (χ0) is 17.3. The molecule has 1 heterocycles. The van der Waals surface area contributed by atoms with Gasteiger partial charge in [-0.3, -0.25) is 9.52 Å². The maximum atomic E-state index is 12.5. The first kappa shape index (κ1) is 16.3. The molecule has 0 bridgehead atoms. The summed E-state index contributed by atoms with van der Waals surface area (Å²) >= 11 is 0. The Morgan fingerprint density at radius 2 is 1.88 bits per heavy atom. The Hall–Kier alpha value is -2.54. The predicted octanol–water partition coefficient (Wildman–Crippen LogP) is 2.23. The number of aryl methyl sites for hydroxylation is 2. The van der Waals surface area contributed by atoms with E-state index in [-0.39, 0.29) is 10.8 Å². The Kier molecular flexibility index (Phi) is 4.19. The average Bonchev–Trinajstić information content (AvgIpc) is 2.71. The molecule has 0 unspecified atom stereocenters. The summed E-state index contributed by atoms with van der Waals surface area (Å²) in [6.45, 7) is 4.58. The number of hydrogen-bond acceptors (Lipinski definition) is 4. The van der Waals surface area contributed by atoms with Crippen LogP contribution < -0.4 is 14.8 Å². The summed E-state index contributed by atoms with van der Waals surface area (Å²) in [7, 11) is -3.73. The van der Waals surface area contributed by atoms with Gasteiger partial charge in [-0.25, -0.2) is 8.42 Å². The highest BCUT2D eigenvalue weighted by Gasteiger charge is 2.19. The Labute approximate surface area is 140 Å². The summed E-state index contributed by atoms with van der Waals surface area (Å²) in [6, 6.07) is 9.60. The first-order valence-corrected chi connectivity index (χ1v) is 9.00. The third kappa shape index (κ3) is 3.21. The van der Waals surface area contributed by atoms with Gasteiger partial charge in [0.1, 0.15) is 12.4 Å². The summed E-state index contributed by atoms with van der Waals surface area (Å²) in [5.41, 5.74) is 2.54. The van der Waals surface area contributed by atoms with Gasteiger partial charge in [0.2, 0.25) is 0 Å². The fourth-order valence-corrected chi connectivity index (χ4v) is 3.55. The van der Waals surface area contributed by atoms with Crippen molar-refractivity contribution in [2.24, 2.45) is 0 Å². The van der Waals surface area contributed by atoms with Crippen molar-refractivity contribution in [3.8, 4) is 5.75 Å². The monoisotopic (exact) mass is 346 g/mol. The molecule has 0 aromatic heterocycles. The third-order valence-electron chi connectivity index (χ3n) is 3.91. The standard InChI is InChI=1S/C17H18N2O4S/c1-11-3-5-14(9-12(11)2)24(21,22)19-13-4-6-16-15(10-13)17(20)18-7-8-23-16/h3-6,9-10,19H,7-8H2,1-2H3,(H,18,20). The summed E-state index contributed by atoms with van der Waals surface area (Å²) < 4.78 is 33.0. The highest BCUT2D eigenvalue weighted by Crippen LogP contribution is 2.26. The Morgan fingerprint density at radius 3 is 2.62 bits per heavy atom. The molecular weight excluding hydrogens is 328 g/mol. The van der Waals surface area contributed by atoms with Crippen LogP contribution in [0.5, 0.6) is 5.75 Å². The molecule has 1 amide bonds. The van der Waals surface area contributed by atoms with Crippen LogP contribution >= 0.6 is 0 Å².